The van der Waals surface area contributed by atoms with E-state index in [0.717, 1.165) is 36.0 Å². The number of ether oxygens (including phenoxy) is 1. The summed E-state index contributed by atoms with van der Waals surface area (Å²) in [5.74, 6) is 2.24. The Morgan fingerprint density at radius 1 is 1.19 bits per heavy atom. The molecule has 0 saturated heterocycles. The lowest BCUT2D eigenvalue weighted by Gasteiger charge is -2.10. The minimum absolute atomic E-state index is 0.407. The van der Waals surface area contributed by atoms with Gasteiger partial charge in [-0.1, -0.05) is 6.92 Å². The van der Waals surface area contributed by atoms with Gasteiger partial charge in [0.15, 0.2) is 11.6 Å². The van der Waals surface area contributed by atoms with Crippen LogP contribution < -0.4 is 5.32 Å². The molecule has 0 unspecified atom stereocenters. The van der Waals surface area contributed by atoms with E-state index < -0.39 is 0 Å². The lowest BCUT2D eigenvalue weighted by Crippen LogP contribution is -2.11. The number of anilines is 1. The van der Waals surface area contributed by atoms with Crippen molar-refractivity contribution >= 4 is 5.82 Å². The summed E-state index contributed by atoms with van der Waals surface area (Å²) in [5.41, 5.74) is 2.02. The largest absolute Gasteiger partial charge is 0.374 e. The maximum Gasteiger partial charge on any atom is 0.159 e. The topological polar surface area (TPSA) is 64.9 Å². The van der Waals surface area contributed by atoms with Gasteiger partial charge in [0, 0.05) is 24.9 Å². The van der Waals surface area contributed by atoms with Gasteiger partial charge in [-0.3, -0.25) is 0 Å². The second kappa shape index (κ2) is 7.17. The van der Waals surface area contributed by atoms with Gasteiger partial charge in [0.05, 0.1) is 5.69 Å². The third kappa shape index (κ3) is 4.01. The molecular formula is C15H23N5O. The molecule has 0 aliphatic carbocycles. The number of nitrogens with zero attached hydrogens (tertiary/aromatic N) is 4. The summed E-state index contributed by atoms with van der Waals surface area (Å²) >= 11 is 0. The van der Waals surface area contributed by atoms with Crippen molar-refractivity contribution in [3.63, 3.8) is 0 Å². The first-order valence-corrected chi connectivity index (χ1v) is 7.37. The maximum absolute atomic E-state index is 5.42. The number of nitrogens with one attached hydrogen (secondary N) is 1. The zero-order valence-electron chi connectivity index (χ0n) is 13.2. The van der Waals surface area contributed by atoms with Crippen LogP contribution in [0.4, 0.5) is 5.82 Å². The summed E-state index contributed by atoms with van der Waals surface area (Å²) in [6.07, 6.45) is 1.04. The number of rotatable bonds is 7. The van der Waals surface area contributed by atoms with Crippen molar-refractivity contribution in [2.75, 3.05) is 18.5 Å². The van der Waals surface area contributed by atoms with Crippen LogP contribution in [-0.2, 0) is 11.3 Å². The molecule has 0 aliphatic heterocycles. The summed E-state index contributed by atoms with van der Waals surface area (Å²) in [4.78, 5) is 9.03. The molecule has 2 heterocycles. The highest BCUT2D eigenvalue weighted by Crippen LogP contribution is 2.14. The Kier molecular flexibility index (Phi) is 5.27. The molecular weight excluding hydrogens is 266 g/mol. The van der Waals surface area contributed by atoms with Crippen LogP contribution in [0, 0.1) is 13.8 Å². The lowest BCUT2D eigenvalue weighted by molar-refractivity contribution is 0.128. The summed E-state index contributed by atoms with van der Waals surface area (Å²) in [7, 11) is 0. The number of aryl methyl sites for hydroxylation is 2. The fraction of sp³-hybridized carbons (Fsp3) is 0.533. The molecule has 6 nitrogen and oxygen atoms in total. The molecule has 1 N–H and O–H groups in total. The Morgan fingerprint density at radius 3 is 2.62 bits per heavy atom. The third-order valence-corrected chi connectivity index (χ3v) is 2.98. The van der Waals surface area contributed by atoms with E-state index in [1.165, 1.54) is 0 Å². The highest BCUT2D eigenvalue weighted by Gasteiger charge is 2.10. The third-order valence-electron chi connectivity index (χ3n) is 2.98. The normalized spacial score (nSPS) is 10.9. The Hall–Kier alpha value is -1.95. The molecule has 0 saturated carbocycles. The molecule has 0 aliphatic rings. The van der Waals surface area contributed by atoms with Crippen LogP contribution in [0.1, 0.15) is 37.5 Å². The molecule has 2 aromatic rings. The van der Waals surface area contributed by atoms with Gasteiger partial charge in [0.2, 0.25) is 0 Å². The van der Waals surface area contributed by atoms with Crippen LogP contribution in [-0.4, -0.2) is 32.9 Å². The quantitative estimate of drug-likeness (QED) is 0.849. The van der Waals surface area contributed by atoms with Crippen LogP contribution in [0.2, 0.25) is 0 Å². The van der Waals surface area contributed by atoms with Crippen LogP contribution in [0.5, 0.6) is 0 Å². The second-order valence-corrected chi connectivity index (χ2v) is 4.93. The van der Waals surface area contributed by atoms with Crippen molar-refractivity contribution < 1.29 is 4.74 Å². The summed E-state index contributed by atoms with van der Waals surface area (Å²) in [6.45, 7) is 10.0. The van der Waals surface area contributed by atoms with Crippen molar-refractivity contribution in [3.05, 3.63) is 29.3 Å². The predicted octanol–water partition coefficient (Wildman–Crippen LogP) is 2.64. The molecule has 0 spiro atoms. The van der Waals surface area contributed by atoms with E-state index in [-0.39, 0.29) is 0 Å². The molecule has 0 atom stereocenters. The van der Waals surface area contributed by atoms with E-state index in [9.17, 15) is 0 Å². The first kappa shape index (κ1) is 15.4. The predicted molar refractivity (Wildman–Crippen MR) is 82.7 cm³/mol. The lowest BCUT2D eigenvalue weighted by atomic mass is 10.4. The zero-order chi connectivity index (χ0) is 15.2. The van der Waals surface area contributed by atoms with Gasteiger partial charge in [-0.25, -0.2) is 14.6 Å². The van der Waals surface area contributed by atoms with Gasteiger partial charge in [-0.15, -0.1) is 0 Å². The van der Waals surface area contributed by atoms with Crippen molar-refractivity contribution in [1.82, 2.24) is 19.7 Å². The SMILES string of the molecule is CCCNc1cc(-n2nc(C)cc2C)nc(COCC)n1. The Morgan fingerprint density at radius 2 is 2.00 bits per heavy atom. The first-order valence-electron chi connectivity index (χ1n) is 7.37. The fourth-order valence-electron chi connectivity index (χ4n) is 2.05. The molecule has 0 amide bonds. The van der Waals surface area contributed by atoms with Crippen LogP contribution in [0.3, 0.4) is 0 Å². The maximum atomic E-state index is 5.42. The van der Waals surface area contributed by atoms with E-state index in [1.807, 2.05) is 37.6 Å². The molecule has 0 aromatic carbocycles. The highest BCUT2D eigenvalue weighted by molar-refractivity contribution is 5.42. The average molecular weight is 289 g/mol. The van der Waals surface area contributed by atoms with Gasteiger partial charge in [-0.05, 0) is 33.3 Å². The monoisotopic (exact) mass is 289 g/mol. The summed E-state index contributed by atoms with van der Waals surface area (Å²) in [5, 5.41) is 7.78. The van der Waals surface area contributed by atoms with E-state index in [1.54, 1.807) is 0 Å². The Balaban J connectivity index is 2.36. The zero-order valence-corrected chi connectivity index (χ0v) is 13.2. The number of aromatic nitrogens is 4. The van der Waals surface area contributed by atoms with E-state index in [0.29, 0.717) is 19.0 Å². The van der Waals surface area contributed by atoms with E-state index in [2.05, 4.69) is 27.3 Å². The van der Waals surface area contributed by atoms with Gasteiger partial charge >= 0.3 is 0 Å². The van der Waals surface area contributed by atoms with E-state index in [4.69, 9.17) is 4.74 Å². The van der Waals surface area contributed by atoms with Crippen molar-refractivity contribution in [2.24, 2.45) is 0 Å². The molecule has 0 bridgehead atoms. The summed E-state index contributed by atoms with van der Waals surface area (Å²) in [6, 6.07) is 3.95. The van der Waals surface area contributed by atoms with Crippen LogP contribution >= 0.6 is 0 Å². The first-order chi connectivity index (χ1) is 10.1. The van der Waals surface area contributed by atoms with Crippen molar-refractivity contribution in [2.45, 2.75) is 40.7 Å². The Bertz CT molecular complexity index is 567. The number of hydrogen-bond donors (Lipinski definition) is 1. The van der Waals surface area contributed by atoms with Crippen molar-refractivity contribution in [3.8, 4) is 5.82 Å². The van der Waals surface area contributed by atoms with Crippen LogP contribution in [0.25, 0.3) is 5.82 Å². The molecule has 6 heteroatoms. The van der Waals surface area contributed by atoms with Gasteiger partial charge in [0.25, 0.3) is 0 Å². The molecule has 2 aromatic heterocycles. The van der Waals surface area contributed by atoms with E-state index >= 15 is 0 Å². The van der Waals surface area contributed by atoms with Crippen LogP contribution in [0.15, 0.2) is 12.1 Å². The minimum Gasteiger partial charge on any atom is -0.374 e. The fourth-order valence-corrected chi connectivity index (χ4v) is 2.05. The number of hydrogen-bond acceptors (Lipinski definition) is 5. The van der Waals surface area contributed by atoms with Gasteiger partial charge < -0.3 is 10.1 Å². The smallest absolute Gasteiger partial charge is 0.159 e. The molecule has 2 rings (SSSR count). The Labute approximate surface area is 125 Å². The van der Waals surface area contributed by atoms with Gasteiger partial charge in [-0.2, -0.15) is 5.10 Å². The molecule has 0 fully saturated rings. The molecule has 0 radical (unpaired) electrons. The highest BCUT2D eigenvalue weighted by atomic mass is 16.5. The molecule has 114 valence electrons. The molecule has 21 heavy (non-hydrogen) atoms. The second-order valence-electron chi connectivity index (χ2n) is 4.93. The average Bonchev–Trinajstić information content (AvgIpc) is 2.81. The van der Waals surface area contributed by atoms with Crippen molar-refractivity contribution in [1.29, 1.82) is 0 Å². The standard InChI is InChI=1S/C15H23N5O/c1-5-7-16-13-9-15(18-14(17-13)10-21-6-2)20-12(4)8-11(3)19-20/h8-9H,5-7,10H2,1-4H3,(H,16,17,18). The van der Waals surface area contributed by atoms with Gasteiger partial charge in [0.1, 0.15) is 12.4 Å². The minimum atomic E-state index is 0.407. The summed E-state index contributed by atoms with van der Waals surface area (Å²) < 4.78 is 7.26.